The Morgan fingerprint density at radius 3 is 3.17 bits per heavy atom. The molecule has 1 N–H and O–H groups in total. The van der Waals surface area contributed by atoms with Crippen LogP contribution < -0.4 is 5.32 Å². The van der Waals surface area contributed by atoms with E-state index in [-0.39, 0.29) is 6.10 Å². The van der Waals surface area contributed by atoms with Crippen molar-refractivity contribution in [2.24, 2.45) is 5.92 Å². The molecule has 0 aliphatic carbocycles. The summed E-state index contributed by atoms with van der Waals surface area (Å²) in [5.74, 6) is 0.576. The Morgan fingerprint density at radius 1 is 1.50 bits per heavy atom. The number of imidazole rings is 1. The lowest BCUT2D eigenvalue weighted by Crippen LogP contribution is -2.33. The summed E-state index contributed by atoms with van der Waals surface area (Å²) in [7, 11) is 0. The summed E-state index contributed by atoms with van der Waals surface area (Å²) >= 11 is 0. The van der Waals surface area contributed by atoms with Crippen molar-refractivity contribution in [2.75, 3.05) is 19.7 Å². The van der Waals surface area contributed by atoms with Crippen LogP contribution >= 0.6 is 0 Å². The van der Waals surface area contributed by atoms with Crippen LogP contribution in [0.15, 0.2) is 12.5 Å². The number of aromatic nitrogens is 2. The average molecular weight is 251 g/mol. The number of rotatable bonds is 6. The van der Waals surface area contributed by atoms with Crippen LogP contribution in [-0.2, 0) is 11.3 Å². The molecule has 1 aliphatic heterocycles. The minimum absolute atomic E-state index is 0.213. The van der Waals surface area contributed by atoms with Gasteiger partial charge in [0, 0.05) is 25.6 Å². The van der Waals surface area contributed by atoms with Gasteiger partial charge in [0.1, 0.15) is 6.10 Å². The molecule has 102 valence electrons. The second kappa shape index (κ2) is 6.90. The molecule has 1 aromatic rings. The van der Waals surface area contributed by atoms with Gasteiger partial charge in [0.25, 0.3) is 0 Å². The highest BCUT2D eigenvalue weighted by Crippen LogP contribution is 2.33. The van der Waals surface area contributed by atoms with Gasteiger partial charge < -0.3 is 14.6 Å². The summed E-state index contributed by atoms with van der Waals surface area (Å²) in [6, 6.07) is 0. The molecule has 2 rings (SSSR count). The number of nitrogens with zero attached hydrogens (tertiary/aromatic N) is 2. The first-order valence-electron chi connectivity index (χ1n) is 7.19. The average Bonchev–Trinajstić information content (AvgIpc) is 2.88. The van der Waals surface area contributed by atoms with E-state index in [2.05, 4.69) is 28.7 Å². The summed E-state index contributed by atoms with van der Waals surface area (Å²) in [5.41, 5.74) is 1.24. The van der Waals surface area contributed by atoms with Gasteiger partial charge in [0.15, 0.2) is 0 Å². The molecule has 0 radical (unpaired) electrons. The summed E-state index contributed by atoms with van der Waals surface area (Å²) in [4.78, 5) is 4.26. The smallest absolute Gasteiger partial charge is 0.103 e. The van der Waals surface area contributed by atoms with E-state index in [9.17, 15) is 0 Å². The van der Waals surface area contributed by atoms with Crippen molar-refractivity contribution < 1.29 is 4.74 Å². The van der Waals surface area contributed by atoms with E-state index in [0.29, 0.717) is 5.92 Å². The summed E-state index contributed by atoms with van der Waals surface area (Å²) in [6.45, 7) is 8.34. The topological polar surface area (TPSA) is 39.1 Å². The van der Waals surface area contributed by atoms with Gasteiger partial charge in [-0.3, -0.25) is 0 Å². The lowest BCUT2D eigenvalue weighted by molar-refractivity contribution is -0.0320. The molecule has 2 heterocycles. The van der Waals surface area contributed by atoms with Crippen LogP contribution in [-0.4, -0.2) is 29.2 Å². The molecule has 1 fully saturated rings. The van der Waals surface area contributed by atoms with Crippen LogP contribution in [0.5, 0.6) is 0 Å². The predicted molar refractivity (Wildman–Crippen MR) is 72.5 cm³/mol. The molecule has 4 heteroatoms. The van der Waals surface area contributed by atoms with Crippen LogP contribution in [0.1, 0.15) is 44.9 Å². The van der Waals surface area contributed by atoms with Gasteiger partial charge >= 0.3 is 0 Å². The number of hydrogen-bond donors (Lipinski definition) is 1. The molecule has 4 nitrogen and oxygen atoms in total. The van der Waals surface area contributed by atoms with Crippen molar-refractivity contribution in [1.82, 2.24) is 14.9 Å². The Morgan fingerprint density at radius 2 is 2.39 bits per heavy atom. The molecule has 18 heavy (non-hydrogen) atoms. The van der Waals surface area contributed by atoms with Gasteiger partial charge in [-0.2, -0.15) is 0 Å². The maximum atomic E-state index is 6.01. The molecule has 0 saturated carbocycles. The predicted octanol–water partition coefficient (Wildman–Crippen LogP) is 2.37. The van der Waals surface area contributed by atoms with Crippen molar-refractivity contribution in [1.29, 1.82) is 0 Å². The molecule has 1 aliphatic rings. The normalized spacial score (nSPS) is 24.3. The fraction of sp³-hybridized carbons (Fsp3) is 0.786. The van der Waals surface area contributed by atoms with E-state index in [0.717, 1.165) is 26.2 Å². The van der Waals surface area contributed by atoms with Gasteiger partial charge in [-0.15, -0.1) is 0 Å². The molecular formula is C14H25N3O. The zero-order chi connectivity index (χ0) is 12.8. The first-order valence-corrected chi connectivity index (χ1v) is 7.19. The molecular weight excluding hydrogens is 226 g/mol. The van der Waals surface area contributed by atoms with Gasteiger partial charge in [-0.25, -0.2) is 4.98 Å². The molecule has 1 saturated heterocycles. The second-order valence-corrected chi connectivity index (χ2v) is 5.00. The van der Waals surface area contributed by atoms with Crippen LogP contribution in [0.25, 0.3) is 0 Å². The van der Waals surface area contributed by atoms with E-state index in [1.807, 2.05) is 12.5 Å². The molecule has 1 aromatic heterocycles. The van der Waals surface area contributed by atoms with Crippen LogP contribution in [0.4, 0.5) is 0 Å². The van der Waals surface area contributed by atoms with Crippen molar-refractivity contribution >= 4 is 0 Å². The summed E-state index contributed by atoms with van der Waals surface area (Å²) in [5, 5.41) is 3.52. The highest BCUT2D eigenvalue weighted by molar-refractivity contribution is 5.06. The zero-order valence-corrected chi connectivity index (χ0v) is 11.6. The zero-order valence-electron chi connectivity index (χ0n) is 11.6. The highest BCUT2D eigenvalue weighted by Gasteiger charge is 2.29. The standard InChI is InChI=1S/C14H25N3O/c1-3-7-15-9-12-6-5-8-18-14(12)13-10-16-11-17(13)4-2/h10-12,14-15H,3-9H2,1-2H3. The van der Waals surface area contributed by atoms with Crippen molar-refractivity contribution in [3.8, 4) is 0 Å². The van der Waals surface area contributed by atoms with Gasteiger partial charge in [-0.05, 0) is 32.7 Å². The second-order valence-electron chi connectivity index (χ2n) is 5.00. The SMILES string of the molecule is CCCNCC1CCCOC1c1cncn1CC. The Kier molecular flexibility index (Phi) is 5.20. The van der Waals surface area contributed by atoms with Crippen LogP contribution in [0, 0.1) is 5.92 Å². The summed E-state index contributed by atoms with van der Waals surface area (Å²) < 4.78 is 8.20. The fourth-order valence-corrected chi connectivity index (χ4v) is 2.68. The number of nitrogens with one attached hydrogen (secondary N) is 1. The van der Waals surface area contributed by atoms with Crippen LogP contribution in [0.2, 0.25) is 0 Å². The Labute approximate surface area is 110 Å². The molecule has 0 aromatic carbocycles. The first-order chi connectivity index (χ1) is 8.86. The molecule has 0 amide bonds. The number of ether oxygens (including phenoxy) is 1. The summed E-state index contributed by atoms with van der Waals surface area (Å²) in [6.07, 6.45) is 7.69. The first kappa shape index (κ1) is 13.6. The van der Waals surface area contributed by atoms with E-state index >= 15 is 0 Å². The lowest BCUT2D eigenvalue weighted by atomic mass is 9.92. The number of hydrogen-bond acceptors (Lipinski definition) is 3. The van der Waals surface area contributed by atoms with Gasteiger partial charge in [0.05, 0.1) is 18.2 Å². The fourth-order valence-electron chi connectivity index (χ4n) is 2.68. The van der Waals surface area contributed by atoms with E-state index in [4.69, 9.17) is 4.74 Å². The van der Waals surface area contributed by atoms with Crippen molar-refractivity contribution in [2.45, 2.75) is 45.8 Å². The highest BCUT2D eigenvalue weighted by atomic mass is 16.5. The molecule has 2 atom stereocenters. The van der Waals surface area contributed by atoms with E-state index < -0.39 is 0 Å². The number of aryl methyl sites for hydroxylation is 1. The molecule has 0 spiro atoms. The third-order valence-electron chi connectivity index (χ3n) is 3.65. The van der Waals surface area contributed by atoms with Gasteiger partial charge in [-0.1, -0.05) is 6.92 Å². The van der Waals surface area contributed by atoms with E-state index in [1.54, 1.807) is 0 Å². The van der Waals surface area contributed by atoms with Crippen molar-refractivity contribution in [3.05, 3.63) is 18.2 Å². The quantitative estimate of drug-likeness (QED) is 0.789. The third kappa shape index (κ3) is 3.12. The Balaban J connectivity index is 2.03. The monoisotopic (exact) mass is 251 g/mol. The maximum Gasteiger partial charge on any atom is 0.103 e. The largest absolute Gasteiger partial charge is 0.372 e. The Hall–Kier alpha value is -0.870. The van der Waals surface area contributed by atoms with E-state index in [1.165, 1.54) is 25.0 Å². The molecule has 0 bridgehead atoms. The third-order valence-corrected chi connectivity index (χ3v) is 3.65. The lowest BCUT2D eigenvalue weighted by Gasteiger charge is -2.32. The maximum absolute atomic E-state index is 6.01. The van der Waals surface area contributed by atoms with Gasteiger partial charge in [0.2, 0.25) is 0 Å². The van der Waals surface area contributed by atoms with Crippen LogP contribution in [0.3, 0.4) is 0 Å². The minimum Gasteiger partial charge on any atom is -0.372 e. The molecule has 2 unspecified atom stereocenters. The Bertz CT molecular complexity index is 351. The van der Waals surface area contributed by atoms with Crippen molar-refractivity contribution in [3.63, 3.8) is 0 Å². The minimum atomic E-state index is 0.213.